The van der Waals surface area contributed by atoms with Crippen molar-refractivity contribution >= 4 is 39.3 Å². The lowest BCUT2D eigenvalue weighted by molar-refractivity contribution is 0.306. The fourth-order valence-corrected chi connectivity index (χ4v) is 2.88. The Kier molecular flexibility index (Phi) is 6.43. The maximum atomic E-state index is 11.7. The monoisotopic (exact) mass is 409 g/mol. The molecule has 3 aromatic rings. The van der Waals surface area contributed by atoms with Crippen LogP contribution >= 0.6 is 28.3 Å². The lowest BCUT2D eigenvalue weighted by Gasteiger charge is -2.09. The molecule has 24 heavy (non-hydrogen) atoms. The Morgan fingerprint density at radius 2 is 2.00 bits per heavy atom. The third-order valence-corrected chi connectivity index (χ3v) is 3.96. The van der Waals surface area contributed by atoms with E-state index < -0.39 is 0 Å². The Morgan fingerprint density at radius 1 is 1.17 bits per heavy atom. The maximum Gasteiger partial charge on any atom is 0.336 e. The number of fused-ring (bicyclic) bond motifs is 1. The normalized spacial score (nSPS) is 10.4. The van der Waals surface area contributed by atoms with Gasteiger partial charge in [0.05, 0.1) is 0 Å². The van der Waals surface area contributed by atoms with E-state index >= 15 is 0 Å². The van der Waals surface area contributed by atoms with Gasteiger partial charge >= 0.3 is 5.63 Å². The van der Waals surface area contributed by atoms with Crippen LogP contribution in [-0.4, -0.2) is 7.05 Å². The van der Waals surface area contributed by atoms with Crippen LogP contribution in [0.5, 0.6) is 5.75 Å². The standard InChI is InChI=1S/C18H16BrNO3.ClH/c1-20-10-13-8-18(21)23-17-9-15(5-6-16(13)17)22-11-12-3-2-4-14(19)7-12;/h2-9,20H,10-11H2,1H3;1H. The molecule has 0 radical (unpaired) electrons. The second-order valence-corrected chi connectivity index (χ2v) is 6.11. The van der Waals surface area contributed by atoms with Gasteiger partial charge in [0.2, 0.25) is 0 Å². The molecule has 1 N–H and O–H groups in total. The smallest absolute Gasteiger partial charge is 0.336 e. The van der Waals surface area contributed by atoms with E-state index in [4.69, 9.17) is 9.15 Å². The average molecular weight is 411 g/mol. The number of hydrogen-bond donors (Lipinski definition) is 1. The fraction of sp³-hybridized carbons (Fsp3) is 0.167. The van der Waals surface area contributed by atoms with E-state index in [0.29, 0.717) is 24.5 Å². The molecular weight excluding hydrogens is 394 g/mol. The Morgan fingerprint density at radius 3 is 2.75 bits per heavy atom. The zero-order valence-corrected chi connectivity index (χ0v) is 15.4. The topological polar surface area (TPSA) is 51.5 Å². The Balaban J connectivity index is 0.00000208. The molecular formula is C18H17BrClNO3. The van der Waals surface area contributed by atoms with Crippen molar-refractivity contribution in [3.8, 4) is 5.75 Å². The van der Waals surface area contributed by atoms with Crippen LogP contribution in [0.2, 0.25) is 0 Å². The van der Waals surface area contributed by atoms with Crippen LogP contribution in [0.3, 0.4) is 0 Å². The van der Waals surface area contributed by atoms with Gasteiger partial charge in [-0.2, -0.15) is 0 Å². The van der Waals surface area contributed by atoms with E-state index in [9.17, 15) is 4.79 Å². The van der Waals surface area contributed by atoms with Gasteiger partial charge in [-0.15, -0.1) is 12.4 Å². The van der Waals surface area contributed by atoms with Gasteiger partial charge in [0.1, 0.15) is 17.9 Å². The largest absolute Gasteiger partial charge is 0.489 e. The molecule has 0 aliphatic carbocycles. The molecule has 1 heterocycles. The quantitative estimate of drug-likeness (QED) is 0.638. The minimum absolute atomic E-state index is 0. The first kappa shape index (κ1) is 18.5. The third-order valence-electron chi connectivity index (χ3n) is 3.46. The molecule has 6 heteroatoms. The van der Waals surface area contributed by atoms with Crippen molar-refractivity contribution in [3.05, 3.63) is 74.6 Å². The zero-order chi connectivity index (χ0) is 16.2. The summed E-state index contributed by atoms with van der Waals surface area (Å²) < 4.78 is 12.1. The van der Waals surface area contributed by atoms with Crippen molar-refractivity contribution in [3.63, 3.8) is 0 Å². The van der Waals surface area contributed by atoms with E-state index in [1.54, 1.807) is 6.07 Å². The highest BCUT2D eigenvalue weighted by molar-refractivity contribution is 9.10. The summed E-state index contributed by atoms with van der Waals surface area (Å²) >= 11 is 3.44. The molecule has 3 rings (SSSR count). The summed E-state index contributed by atoms with van der Waals surface area (Å²) in [5.74, 6) is 0.669. The summed E-state index contributed by atoms with van der Waals surface area (Å²) in [6, 6.07) is 15.0. The highest BCUT2D eigenvalue weighted by Gasteiger charge is 2.07. The number of nitrogens with one attached hydrogen (secondary N) is 1. The molecule has 0 bridgehead atoms. The first-order valence-electron chi connectivity index (χ1n) is 7.24. The highest BCUT2D eigenvalue weighted by atomic mass is 79.9. The third kappa shape index (κ3) is 4.38. The summed E-state index contributed by atoms with van der Waals surface area (Å²) in [6.07, 6.45) is 0. The number of benzene rings is 2. The molecule has 0 unspecified atom stereocenters. The molecule has 0 amide bonds. The SMILES string of the molecule is CNCc1cc(=O)oc2cc(OCc3cccc(Br)c3)ccc12.Cl. The lowest BCUT2D eigenvalue weighted by atomic mass is 10.1. The first-order chi connectivity index (χ1) is 11.2. The zero-order valence-electron chi connectivity index (χ0n) is 13.0. The molecule has 0 saturated carbocycles. The van der Waals surface area contributed by atoms with Gasteiger partial charge in [-0.05, 0) is 42.4 Å². The lowest BCUT2D eigenvalue weighted by Crippen LogP contribution is -2.09. The van der Waals surface area contributed by atoms with Gasteiger partial charge < -0.3 is 14.5 Å². The van der Waals surface area contributed by atoms with Crippen LogP contribution in [-0.2, 0) is 13.2 Å². The molecule has 2 aromatic carbocycles. The summed E-state index contributed by atoms with van der Waals surface area (Å²) in [4.78, 5) is 11.7. The second-order valence-electron chi connectivity index (χ2n) is 5.20. The van der Waals surface area contributed by atoms with Gasteiger partial charge in [-0.1, -0.05) is 28.1 Å². The van der Waals surface area contributed by atoms with Gasteiger partial charge in [-0.3, -0.25) is 0 Å². The van der Waals surface area contributed by atoms with Crippen molar-refractivity contribution in [1.82, 2.24) is 5.32 Å². The van der Waals surface area contributed by atoms with Gasteiger partial charge in [0, 0.05) is 28.5 Å². The minimum Gasteiger partial charge on any atom is -0.489 e. The van der Waals surface area contributed by atoms with E-state index in [-0.39, 0.29) is 18.0 Å². The summed E-state index contributed by atoms with van der Waals surface area (Å²) in [6.45, 7) is 1.06. The van der Waals surface area contributed by atoms with Crippen LogP contribution in [0, 0.1) is 0 Å². The summed E-state index contributed by atoms with van der Waals surface area (Å²) in [5, 5.41) is 3.96. The van der Waals surface area contributed by atoms with E-state index in [1.165, 1.54) is 6.07 Å². The number of halogens is 2. The molecule has 126 valence electrons. The van der Waals surface area contributed by atoms with E-state index in [0.717, 1.165) is 21.0 Å². The molecule has 0 atom stereocenters. The minimum atomic E-state index is -0.355. The van der Waals surface area contributed by atoms with Crippen molar-refractivity contribution in [1.29, 1.82) is 0 Å². The molecule has 0 aliphatic rings. The molecule has 0 aliphatic heterocycles. The van der Waals surface area contributed by atoms with E-state index in [1.807, 2.05) is 43.4 Å². The van der Waals surface area contributed by atoms with Crippen molar-refractivity contribution < 1.29 is 9.15 Å². The highest BCUT2D eigenvalue weighted by Crippen LogP contribution is 2.23. The van der Waals surface area contributed by atoms with E-state index in [2.05, 4.69) is 21.2 Å². The molecule has 0 fully saturated rings. The molecule has 1 aromatic heterocycles. The van der Waals surface area contributed by atoms with Crippen LogP contribution in [0.15, 0.2) is 62.2 Å². The number of hydrogen-bond acceptors (Lipinski definition) is 4. The molecule has 4 nitrogen and oxygen atoms in total. The predicted octanol–water partition coefficient (Wildman–Crippen LogP) is 4.28. The number of ether oxygens (including phenoxy) is 1. The first-order valence-corrected chi connectivity index (χ1v) is 8.03. The van der Waals surface area contributed by atoms with Crippen molar-refractivity contribution in [2.75, 3.05) is 7.05 Å². The van der Waals surface area contributed by atoms with Crippen molar-refractivity contribution in [2.24, 2.45) is 0 Å². The maximum absolute atomic E-state index is 11.7. The van der Waals surface area contributed by atoms with Gasteiger partial charge in [-0.25, -0.2) is 4.79 Å². The van der Waals surface area contributed by atoms with Gasteiger partial charge in [0.15, 0.2) is 0 Å². The Labute approximate surface area is 154 Å². The van der Waals surface area contributed by atoms with Crippen LogP contribution < -0.4 is 15.7 Å². The number of rotatable bonds is 5. The van der Waals surface area contributed by atoms with Crippen LogP contribution in [0.1, 0.15) is 11.1 Å². The molecule has 0 saturated heterocycles. The second kappa shape index (κ2) is 8.33. The molecule has 0 spiro atoms. The summed E-state index contributed by atoms with van der Waals surface area (Å²) in [7, 11) is 1.84. The summed E-state index contributed by atoms with van der Waals surface area (Å²) in [5.41, 5.74) is 2.16. The Bertz CT molecular complexity index is 895. The average Bonchev–Trinajstić information content (AvgIpc) is 2.53. The Hall–Kier alpha value is -1.82. The predicted molar refractivity (Wildman–Crippen MR) is 101 cm³/mol. The van der Waals surface area contributed by atoms with Gasteiger partial charge in [0.25, 0.3) is 0 Å². The van der Waals surface area contributed by atoms with Crippen molar-refractivity contribution in [2.45, 2.75) is 13.2 Å². The fourth-order valence-electron chi connectivity index (χ4n) is 2.43. The van der Waals surface area contributed by atoms with Crippen LogP contribution in [0.25, 0.3) is 11.0 Å². The van der Waals surface area contributed by atoms with Crippen LogP contribution in [0.4, 0.5) is 0 Å².